The minimum atomic E-state index is 0.906. The van der Waals surface area contributed by atoms with Crippen molar-refractivity contribution in [2.75, 3.05) is 0 Å². The minimum absolute atomic E-state index is 0.906. The highest BCUT2D eigenvalue weighted by Gasteiger charge is 2.30. The molecule has 0 unspecified atom stereocenters. The van der Waals surface area contributed by atoms with Gasteiger partial charge in [0.25, 0.3) is 0 Å². The summed E-state index contributed by atoms with van der Waals surface area (Å²) >= 11 is 0. The molecule has 0 amide bonds. The van der Waals surface area contributed by atoms with Crippen molar-refractivity contribution >= 4 is 32.3 Å². The van der Waals surface area contributed by atoms with E-state index in [9.17, 15) is 0 Å². The zero-order valence-electron chi connectivity index (χ0n) is 39.6. The number of rotatable bonds is 9. The molecule has 0 N–H and O–H groups in total. The summed E-state index contributed by atoms with van der Waals surface area (Å²) in [6.07, 6.45) is 2.13. The van der Waals surface area contributed by atoms with Crippen LogP contribution in [0.4, 0.5) is 0 Å². The van der Waals surface area contributed by atoms with Gasteiger partial charge in [0.2, 0.25) is 0 Å². The molecule has 0 aliphatic heterocycles. The van der Waals surface area contributed by atoms with E-state index >= 15 is 0 Å². The Hall–Kier alpha value is -9.43. The normalized spacial score (nSPS) is 11.3. The summed E-state index contributed by atoms with van der Waals surface area (Å²) in [6.45, 7) is 0. The van der Waals surface area contributed by atoms with Crippen LogP contribution in [0.25, 0.3) is 133 Å². The molecule has 12 aromatic carbocycles. The van der Waals surface area contributed by atoms with E-state index in [4.69, 9.17) is 4.98 Å². The molecule has 0 bridgehead atoms. The first-order valence-electron chi connectivity index (χ1n) is 24.8. The molecule has 1 heteroatoms. The molecular formula is C71H47N. The number of pyridine rings is 1. The molecule has 336 valence electrons. The van der Waals surface area contributed by atoms with Gasteiger partial charge in [-0.3, -0.25) is 4.98 Å². The Balaban J connectivity index is 1.17. The number of aromatic nitrogens is 1. The van der Waals surface area contributed by atoms with E-state index in [1.54, 1.807) is 0 Å². The third kappa shape index (κ3) is 7.39. The predicted octanol–water partition coefficient (Wildman–Crippen LogP) is 19.5. The smallest absolute Gasteiger partial charge is 0.0709 e. The average molecular weight is 914 g/mol. The van der Waals surface area contributed by atoms with Crippen molar-refractivity contribution in [2.45, 2.75) is 0 Å². The highest BCUT2D eigenvalue weighted by atomic mass is 14.7. The maximum absolute atomic E-state index is 5.65. The molecule has 1 aromatic heterocycles. The Labute approximate surface area is 420 Å². The van der Waals surface area contributed by atoms with Crippen molar-refractivity contribution in [3.05, 3.63) is 285 Å². The van der Waals surface area contributed by atoms with E-state index in [0.717, 1.165) is 66.9 Å². The van der Waals surface area contributed by atoms with Crippen molar-refractivity contribution in [1.29, 1.82) is 0 Å². The maximum atomic E-state index is 5.65. The first kappa shape index (κ1) is 42.7. The molecule has 0 saturated carbocycles. The Morgan fingerprint density at radius 3 is 0.833 bits per heavy atom. The van der Waals surface area contributed by atoms with Gasteiger partial charge < -0.3 is 0 Å². The molecule has 1 nitrogen and oxygen atoms in total. The largest absolute Gasteiger partial charge is 0.256 e. The van der Waals surface area contributed by atoms with E-state index < -0.39 is 0 Å². The summed E-state index contributed by atoms with van der Waals surface area (Å²) in [4.78, 5) is 5.65. The summed E-state index contributed by atoms with van der Waals surface area (Å²) in [6, 6.07) is 101. The summed E-state index contributed by atoms with van der Waals surface area (Å²) in [5, 5.41) is 7.42. The summed E-state index contributed by atoms with van der Waals surface area (Å²) in [5.74, 6) is 0. The van der Waals surface area contributed by atoms with Crippen LogP contribution in [0.1, 0.15) is 0 Å². The molecule has 0 spiro atoms. The number of hydrogen-bond acceptors (Lipinski definition) is 1. The van der Waals surface area contributed by atoms with Gasteiger partial charge in [-0.05, 0) is 122 Å². The summed E-state index contributed by atoms with van der Waals surface area (Å²) in [5.41, 5.74) is 20.4. The third-order valence-corrected chi connectivity index (χ3v) is 14.3. The number of hydrogen-bond donors (Lipinski definition) is 0. The SMILES string of the molecule is c1ccc(-c2c(-c3ccccc3)c(-c3ccccc3)c(-c3ccc(-c4cc(-c5ccccc5)c5c6ccccc6c6ccccc6c5c4-c4ccccc4)nc3)c(-c3ccccc3)c2-c2ccccc2)cc1. The van der Waals surface area contributed by atoms with Crippen LogP contribution in [0.3, 0.4) is 0 Å². The van der Waals surface area contributed by atoms with Crippen LogP contribution in [-0.2, 0) is 0 Å². The first-order valence-corrected chi connectivity index (χ1v) is 24.8. The molecule has 0 saturated heterocycles. The van der Waals surface area contributed by atoms with Crippen molar-refractivity contribution in [3.63, 3.8) is 0 Å². The second kappa shape index (κ2) is 18.5. The Morgan fingerprint density at radius 2 is 0.486 bits per heavy atom. The Kier molecular flexibility index (Phi) is 10.9. The molecule has 13 aromatic rings. The van der Waals surface area contributed by atoms with Gasteiger partial charge in [-0.2, -0.15) is 0 Å². The number of benzene rings is 12. The van der Waals surface area contributed by atoms with Crippen LogP contribution in [0.15, 0.2) is 285 Å². The molecule has 13 rings (SSSR count). The van der Waals surface area contributed by atoms with Gasteiger partial charge in [0.15, 0.2) is 0 Å². The highest BCUT2D eigenvalue weighted by molar-refractivity contribution is 6.33. The van der Waals surface area contributed by atoms with Gasteiger partial charge in [0, 0.05) is 22.9 Å². The van der Waals surface area contributed by atoms with E-state index in [1.807, 2.05) is 0 Å². The number of fused-ring (bicyclic) bond motifs is 6. The highest BCUT2D eigenvalue weighted by Crippen LogP contribution is 2.56. The molecule has 0 radical (unpaired) electrons. The fourth-order valence-corrected chi connectivity index (χ4v) is 11.3. The molecule has 1 heterocycles. The van der Waals surface area contributed by atoms with Gasteiger partial charge in [-0.15, -0.1) is 0 Å². The third-order valence-electron chi connectivity index (χ3n) is 14.3. The fraction of sp³-hybridized carbons (Fsp3) is 0. The van der Waals surface area contributed by atoms with Gasteiger partial charge in [-0.1, -0.05) is 267 Å². The van der Waals surface area contributed by atoms with Gasteiger partial charge >= 0.3 is 0 Å². The van der Waals surface area contributed by atoms with Gasteiger partial charge in [0.1, 0.15) is 0 Å². The van der Waals surface area contributed by atoms with Crippen molar-refractivity contribution in [3.8, 4) is 100 Å². The van der Waals surface area contributed by atoms with Gasteiger partial charge in [0.05, 0.1) is 5.69 Å². The van der Waals surface area contributed by atoms with Crippen LogP contribution in [0.2, 0.25) is 0 Å². The standard InChI is InChI=1S/C71H47N/c1-8-26-48(27-9-1)60-46-61(63(49-28-10-2-11-29-49)71-59-43-25-23-41-57(59)56-40-22-24-42-58(56)70(60)71)62-45-44-55(47-72-62)69-67(53-36-18-6-19-37-53)65(51-32-14-4-15-33-51)64(50-30-12-3-13-31-50)66(52-34-16-5-17-35-52)68(69)54-38-20-7-21-39-54/h1-47H. The lowest BCUT2D eigenvalue weighted by Gasteiger charge is -2.28. The summed E-state index contributed by atoms with van der Waals surface area (Å²) < 4.78 is 0. The van der Waals surface area contributed by atoms with Crippen LogP contribution < -0.4 is 0 Å². The molecule has 0 fully saturated rings. The second-order valence-electron chi connectivity index (χ2n) is 18.4. The van der Waals surface area contributed by atoms with Crippen LogP contribution in [-0.4, -0.2) is 4.98 Å². The van der Waals surface area contributed by atoms with Crippen molar-refractivity contribution in [1.82, 2.24) is 4.98 Å². The molecule has 0 atom stereocenters. The molecule has 72 heavy (non-hydrogen) atoms. The molecule has 0 aliphatic rings. The Morgan fingerprint density at radius 1 is 0.194 bits per heavy atom. The maximum Gasteiger partial charge on any atom is 0.0709 e. The zero-order chi connectivity index (χ0) is 47.8. The Bertz CT molecular complexity index is 3960. The van der Waals surface area contributed by atoms with E-state index in [2.05, 4.69) is 285 Å². The average Bonchev–Trinajstić information content (AvgIpc) is 3.47. The first-order chi connectivity index (χ1) is 35.8. The molecule has 0 aliphatic carbocycles. The monoisotopic (exact) mass is 913 g/mol. The van der Waals surface area contributed by atoms with Crippen molar-refractivity contribution < 1.29 is 0 Å². The van der Waals surface area contributed by atoms with E-state index in [1.165, 1.54) is 65.7 Å². The van der Waals surface area contributed by atoms with Gasteiger partial charge in [-0.25, -0.2) is 0 Å². The molecular weight excluding hydrogens is 867 g/mol. The van der Waals surface area contributed by atoms with E-state index in [0.29, 0.717) is 0 Å². The van der Waals surface area contributed by atoms with Crippen LogP contribution in [0, 0.1) is 0 Å². The van der Waals surface area contributed by atoms with Crippen molar-refractivity contribution in [2.24, 2.45) is 0 Å². The predicted molar refractivity (Wildman–Crippen MR) is 306 cm³/mol. The lowest BCUT2D eigenvalue weighted by Crippen LogP contribution is -2.02. The minimum Gasteiger partial charge on any atom is -0.256 e. The van der Waals surface area contributed by atoms with Crippen LogP contribution in [0.5, 0.6) is 0 Å². The quantitative estimate of drug-likeness (QED) is 0.132. The summed E-state index contributed by atoms with van der Waals surface area (Å²) in [7, 11) is 0. The van der Waals surface area contributed by atoms with Crippen LogP contribution >= 0.6 is 0 Å². The second-order valence-corrected chi connectivity index (χ2v) is 18.4. The topological polar surface area (TPSA) is 12.9 Å². The fourth-order valence-electron chi connectivity index (χ4n) is 11.3. The number of nitrogens with zero attached hydrogens (tertiary/aromatic N) is 1. The van der Waals surface area contributed by atoms with E-state index in [-0.39, 0.29) is 0 Å². The lowest BCUT2D eigenvalue weighted by atomic mass is 9.74. The lowest BCUT2D eigenvalue weighted by molar-refractivity contribution is 1.33. The zero-order valence-corrected chi connectivity index (χ0v) is 39.6.